The monoisotopic (exact) mass is 206 g/mol. The molecule has 0 aliphatic carbocycles. The van der Waals surface area contributed by atoms with E-state index in [0.717, 1.165) is 0 Å². The van der Waals surface area contributed by atoms with Gasteiger partial charge in [0, 0.05) is 24.5 Å². The number of H-pyrrole nitrogens is 1. The molecule has 0 amide bonds. The van der Waals surface area contributed by atoms with E-state index in [9.17, 15) is 9.59 Å². The van der Waals surface area contributed by atoms with E-state index in [1.807, 2.05) is 0 Å². The second-order valence-electron chi connectivity index (χ2n) is 2.61. The van der Waals surface area contributed by atoms with Crippen molar-refractivity contribution in [2.24, 2.45) is 0 Å². The molecule has 0 spiro atoms. The Morgan fingerprint density at radius 1 is 1.07 bits per heavy atom. The maximum absolute atomic E-state index is 10.3. The van der Waals surface area contributed by atoms with Crippen molar-refractivity contribution in [1.82, 2.24) is 9.71 Å². The second kappa shape index (κ2) is 5.43. The number of nitrogens with one attached hydrogen (secondary N) is 1. The van der Waals surface area contributed by atoms with Gasteiger partial charge in [0.2, 0.25) is 5.56 Å². The molecule has 15 heavy (non-hydrogen) atoms. The van der Waals surface area contributed by atoms with Gasteiger partial charge in [-0.05, 0) is 12.1 Å². The highest BCUT2D eigenvalue weighted by Crippen LogP contribution is 1.72. The third-order valence-electron chi connectivity index (χ3n) is 1.48. The molecule has 0 atom stereocenters. The number of aromatic nitrogens is 2. The van der Waals surface area contributed by atoms with E-state index >= 15 is 0 Å². The van der Waals surface area contributed by atoms with Gasteiger partial charge in [0.25, 0.3) is 5.56 Å². The lowest BCUT2D eigenvalue weighted by molar-refractivity contribution is 0.175. The highest BCUT2D eigenvalue weighted by molar-refractivity contribution is 4.90. The van der Waals surface area contributed by atoms with Crippen molar-refractivity contribution in [3.8, 4) is 0 Å². The van der Waals surface area contributed by atoms with Crippen LogP contribution in [0.1, 0.15) is 0 Å². The van der Waals surface area contributed by atoms with Gasteiger partial charge < -0.3 is 10.2 Å². The van der Waals surface area contributed by atoms with Crippen LogP contribution in [0.25, 0.3) is 0 Å². The molecule has 2 heterocycles. The van der Waals surface area contributed by atoms with Crippen LogP contribution in [0.15, 0.2) is 58.4 Å². The van der Waals surface area contributed by atoms with Gasteiger partial charge in [-0.3, -0.25) is 9.59 Å². The van der Waals surface area contributed by atoms with Crippen LogP contribution in [0.2, 0.25) is 0 Å². The van der Waals surface area contributed by atoms with Gasteiger partial charge in [0.15, 0.2) is 0 Å². The van der Waals surface area contributed by atoms with Crippen molar-refractivity contribution in [1.29, 1.82) is 0 Å². The summed E-state index contributed by atoms with van der Waals surface area (Å²) in [5.41, 5.74) is -0.463. The van der Waals surface area contributed by atoms with E-state index < -0.39 is 5.56 Å². The van der Waals surface area contributed by atoms with Crippen molar-refractivity contribution in [3.05, 3.63) is 69.5 Å². The SMILES string of the molecule is O=c1cccc[nH]1.O=c1ccccn1O. The number of aromatic amines is 1. The molecule has 78 valence electrons. The van der Waals surface area contributed by atoms with Crippen LogP contribution in [0.3, 0.4) is 0 Å². The lowest BCUT2D eigenvalue weighted by Crippen LogP contribution is -2.13. The minimum absolute atomic E-state index is 0.0532. The zero-order valence-electron chi connectivity index (χ0n) is 7.83. The molecule has 0 saturated heterocycles. The summed E-state index contributed by atoms with van der Waals surface area (Å²) in [6.45, 7) is 0. The van der Waals surface area contributed by atoms with Crippen LogP contribution in [0.4, 0.5) is 0 Å². The number of rotatable bonds is 0. The molecular formula is C10H10N2O3. The lowest BCUT2D eigenvalue weighted by Gasteiger charge is -1.88. The molecule has 0 aliphatic heterocycles. The van der Waals surface area contributed by atoms with Crippen LogP contribution in [0.5, 0.6) is 0 Å². The first-order valence-electron chi connectivity index (χ1n) is 4.21. The Hall–Kier alpha value is -2.30. The van der Waals surface area contributed by atoms with Crippen LogP contribution in [-0.2, 0) is 0 Å². The Kier molecular flexibility index (Phi) is 3.91. The molecule has 5 nitrogen and oxygen atoms in total. The number of pyridine rings is 2. The van der Waals surface area contributed by atoms with E-state index in [1.54, 1.807) is 30.5 Å². The molecule has 0 fully saturated rings. The maximum Gasteiger partial charge on any atom is 0.282 e. The lowest BCUT2D eigenvalue weighted by atomic mass is 10.5. The van der Waals surface area contributed by atoms with Gasteiger partial charge in [0.05, 0.1) is 0 Å². The molecular weight excluding hydrogens is 196 g/mol. The fourth-order valence-corrected chi connectivity index (χ4v) is 0.796. The van der Waals surface area contributed by atoms with Crippen molar-refractivity contribution < 1.29 is 5.21 Å². The highest BCUT2D eigenvalue weighted by atomic mass is 16.5. The first kappa shape index (κ1) is 10.8. The van der Waals surface area contributed by atoms with Gasteiger partial charge in [-0.25, -0.2) is 0 Å². The summed E-state index contributed by atoms with van der Waals surface area (Å²) in [6.07, 6.45) is 2.88. The molecule has 0 unspecified atom stereocenters. The van der Waals surface area contributed by atoms with E-state index in [1.165, 1.54) is 18.3 Å². The maximum atomic E-state index is 10.3. The Morgan fingerprint density at radius 3 is 2.13 bits per heavy atom. The molecule has 0 aromatic carbocycles. The molecule has 2 aromatic rings. The summed E-state index contributed by atoms with van der Waals surface area (Å²) in [6, 6.07) is 9.34. The van der Waals surface area contributed by atoms with Crippen molar-refractivity contribution >= 4 is 0 Å². The van der Waals surface area contributed by atoms with E-state index in [-0.39, 0.29) is 5.56 Å². The minimum atomic E-state index is -0.410. The zero-order chi connectivity index (χ0) is 11.1. The predicted molar refractivity (Wildman–Crippen MR) is 54.9 cm³/mol. The minimum Gasteiger partial charge on any atom is -0.425 e. The Labute approximate surface area is 85.2 Å². The molecule has 2 N–H and O–H groups in total. The summed E-state index contributed by atoms with van der Waals surface area (Å²) < 4.78 is 0.528. The van der Waals surface area contributed by atoms with E-state index in [2.05, 4.69) is 4.98 Å². The molecule has 2 rings (SSSR count). The smallest absolute Gasteiger partial charge is 0.282 e. The van der Waals surface area contributed by atoms with Crippen molar-refractivity contribution in [3.63, 3.8) is 0 Å². The Balaban J connectivity index is 0.000000151. The summed E-state index contributed by atoms with van der Waals surface area (Å²) in [5.74, 6) is 0. The summed E-state index contributed by atoms with van der Waals surface area (Å²) in [7, 11) is 0. The third-order valence-corrected chi connectivity index (χ3v) is 1.48. The molecule has 0 bridgehead atoms. The molecule has 0 saturated carbocycles. The average molecular weight is 206 g/mol. The largest absolute Gasteiger partial charge is 0.425 e. The van der Waals surface area contributed by atoms with Crippen molar-refractivity contribution in [2.75, 3.05) is 0 Å². The summed E-state index contributed by atoms with van der Waals surface area (Å²) >= 11 is 0. The fourth-order valence-electron chi connectivity index (χ4n) is 0.796. The van der Waals surface area contributed by atoms with Crippen LogP contribution in [0, 0.1) is 0 Å². The Bertz CT molecular complexity index is 499. The van der Waals surface area contributed by atoms with Gasteiger partial charge in [-0.1, -0.05) is 12.1 Å². The normalized spacial score (nSPS) is 8.80. The molecule has 0 radical (unpaired) electrons. The van der Waals surface area contributed by atoms with Gasteiger partial charge in [-0.15, -0.1) is 0 Å². The fraction of sp³-hybridized carbons (Fsp3) is 0. The number of hydrogen-bond donors (Lipinski definition) is 2. The highest BCUT2D eigenvalue weighted by Gasteiger charge is 1.82. The summed E-state index contributed by atoms with van der Waals surface area (Å²) in [4.78, 5) is 23.0. The topological polar surface area (TPSA) is 75.1 Å². The first-order chi connectivity index (χ1) is 7.20. The summed E-state index contributed by atoms with van der Waals surface area (Å²) in [5, 5.41) is 8.52. The quantitative estimate of drug-likeness (QED) is 0.615. The first-order valence-corrected chi connectivity index (χ1v) is 4.21. The second-order valence-corrected chi connectivity index (χ2v) is 2.61. The molecule has 0 aliphatic rings. The molecule has 2 aromatic heterocycles. The standard InChI is InChI=1S/C5H5NO2.C5H5NO/c7-5-3-1-2-4-6(5)8;7-5-3-1-2-4-6-5/h1-4,8H;1-4H,(H,6,7). The third kappa shape index (κ3) is 3.95. The average Bonchev–Trinajstić information content (AvgIpc) is 2.25. The molecule has 5 heteroatoms. The van der Waals surface area contributed by atoms with Crippen molar-refractivity contribution in [2.45, 2.75) is 0 Å². The van der Waals surface area contributed by atoms with Gasteiger partial charge in [-0.2, -0.15) is 4.73 Å². The predicted octanol–water partition coefficient (Wildman–Crippen LogP) is 0.460. The number of hydrogen-bond acceptors (Lipinski definition) is 3. The van der Waals surface area contributed by atoms with Crippen LogP contribution < -0.4 is 11.1 Å². The van der Waals surface area contributed by atoms with Crippen LogP contribution in [-0.4, -0.2) is 14.9 Å². The van der Waals surface area contributed by atoms with E-state index in [0.29, 0.717) is 4.73 Å². The zero-order valence-corrected chi connectivity index (χ0v) is 7.83. The van der Waals surface area contributed by atoms with E-state index in [4.69, 9.17) is 5.21 Å². The van der Waals surface area contributed by atoms with Crippen LogP contribution >= 0.6 is 0 Å². The number of nitrogens with zero attached hydrogens (tertiary/aromatic N) is 1. The van der Waals surface area contributed by atoms with Gasteiger partial charge >= 0.3 is 0 Å². The van der Waals surface area contributed by atoms with Gasteiger partial charge in [0.1, 0.15) is 0 Å². The Morgan fingerprint density at radius 2 is 1.80 bits per heavy atom.